The highest BCUT2D eigenvalue weighted by Gasteiger charge is 2.22. The molecule has 0 fully saturated rings. The van der Waals surface area contributed by atoms with E-state index >= 15 is 0 Å². The van der Waals surface area contributed by atoms with E-state index in [1.165, 1.54) is 10.2 Å². The summed E-state index contributed by atoms with van der Waals surface area (Å²) >= 11 is 0. The standard InChI is InChI=1S/C17H24N4O3/c1-12-4-5-15(13(2)8-12)24-11-14(22)9-20-6-7-21-16(10-20)18-19(3)17(21)23/h4-5,8,14,22H,6-7,9-11H2,1-3H3. The first-order chi connectivity index (χ1) is 11.4. The first-order valence-corrected chi connectivity index (χ1v) is 8.17. The lowest BCUT2D eigenvalue weighted by Gasteiger charge is -2.28. The zero-order chi connectivity index (χ0) is 17.3. The van der Waals surface area contributed by atoms with Gasteiger partial charge in [-0.3, -0.25) is 9.47 Å². The summed E-state index contributed by atoms with van der Waals surface area (Å²) in [6.07, 6.45) is -0.590. The van der Waals surface area contributed by atoms with Crippen molar-refractivity contribution < 1.29 is 9.84 Å². The van der Waals surface area contributed by atoms with Gasteiger partial charge in [0, 0.05) is 26.7 Å². The average molecular weight is 332 g/mol. The van der Waals surface area contributed by atoms with Gasteiger partial charge >= 0.3 is 5.69 Å². The van der Waals surface area contributed by atoms with Gasteiger partial charge in [-0.1, -0.05) is 17.7 Å². The molecule has 1 unspecified atom stereocenters. The fraction of sp³-hybridized carbons (Fsp3) is 0.529. The zero-order valence-electron chi connectivity index (χ0n) is 14.4. The normalized spacial score (nSPS) is 16.0. The van der Waals surface area contributed by atoms with Gasteiger partial charge in [0.2, 0.25) is 0 Å². The Hall–Kier alpha value is -2.12. The lowest BCUT2D eigenvalue weighted by molar-refractivity contribution is 0.0579. The largest absolute Gasteiger partial charge is 0.491 e. The minimum absolute atomic E-state index is 0.0802. The van der Waals surface area contributed by atoms with E-state index in [2.05, 4.69) is 16.1 Å². The van der Waals surface area contributed by atoms with Crippen LogP contribution < -0.4 is 10.4 Å². The molecule has 1 aliphatic heterocycles. The highest BCUT2D eigenvalue weighted by Crippen LogP contribution is 2.19. The highest BCUT2D eigenvalue weighted by molar-refractivity contribution is 5.35. The molecule has 130 valence electrons. The van der Waals surface area contributed by atoms with E-state index < -0.39 is 6.10 Å². The van der Waals surface area contributed by atoms with Crippen molar-refractivity contribution in [2.75, 3.05) is 19.7 Å². The number of aromatic nitrogens is 3. The minimum atomic E-state index is -0.590. The number of aliphatic hydroxyl groups excluding tert-OH is 1. The Balaban J connectivity index is 1.54. The second-order valence-corrected chi connectivity index (χ2v) is 6.44. The SMILES string of the molecule is Cc1ccc(OCC(O)CN2CCn3c(nn(C)c3=O)C2)c(C)c1. The van der Waals surface area contributed by atoms with Crippen molar-refractivity contribution in [2.24, 2.45) is 7.05 Å². The number of benzene rings is 1. The van der Waals surface area contributed by atoms with Crippen molar-refractivity contribution in [2.45, 2.75) is 33.0 Å². The van der Waals surface area contributed by atoms with Crippen LogP contribution in [0.1, 0.15) is 17.0 Å². The molecule has 0 radical (unpaired) electrons. The van der Waals surface area contributed by atoms with E-state index in [1.54, 1.807) is 11.6 Å². The maximum absolute atomic E-state index is 11.8. The molecule has 3 rings (SSSR count). The van der Waals surface area contributed by atoms with Gasteiger partial charge in [-0.25, -0.2) is 9.48 Å². The molecule has 0 amide bonds. The molecule has 1 atom stereocenters. The first-order valence-electron chi connectivity index (χ1n) is 8.17. The Morgan fingerprint density at radius 3 is 2.88 bits per heavy atom. The van der Waals surface area contributed by atoms with Crippen LogP contribution in [0.2, 0.25) is 0 Å². The molecule has 2 aromatic rings. The van der Waals surface area contributed by atoms with Crippen LogP contribution in [0.3, 0.4) is 0 Å². The third-order valence-electron chi connectivity index (χ3n) is 4.32. The molecule has 1 N–H and O–H groups in total. The molecular formula is C17H24N4O3. The van der Waals surface area contributed by atoms with Crippen LogP contribution in [0.15, 0.2) is 23.0 Å². The summed E-state index contributed by atoms with van der Waals surface area (Å²) in [7, 11) is 1.66. The van der Waals surface area contributed by atoms with Gasteiger partial charge in [0.05, 0.1) is 6.54 Å². The van der Waals surface area contributed by atoms with Crippen molar-refractivity contribution in [3.63, 3.8) is 0 Å². The van der Waals surface area contributed by atoms with Crippen molar-refractivity contribution in [3.05, 3.63) is 45.6 Å². The Bertz CT molecular complexity index is 781. The molecule has 0 bridgehead atoms. The number of aryl methyl sites for hydroxylation is 3. The molecule has 7 heteroatoms. The number of nitrogens with zero attached hydrogens (tertiary/aromatic N) is 4. The number of fused-ring (bicyclic) bond motifs is 1. The molecule has 2 heterocycles. The van der Waals surface area contributed by atoms with Gasteiger partial charge in [-0.05, 0) is 25.5 Å². The number of rotatable bonds is 5. The topological polar surface area (TPSA) is 72.5 Å². The Morgan fingerprint density at radius 1 is 1.33 bits per heavy atom. The molecule has 0 aliphatic carbocycles. The maximum atomic E-state index is 11.8. The van der Waals surface area contributed by atoms with Crippen LogP contribution in [0.25, 0.3) is 0 Å². The van der Waals surface area contributed by atoms with Crippen molar-refractivity contribution in [1.29, 1.82) is 0 Å². The van der Waals surface area contributed by atoms with Crippen LogP contribution in [0.4, 0.5) is 0 Å². The van der Waals surface area contributed by atoms with Crippen LogP contribution in [0, 0.1) is 13.8 Å². The molecule has 0 spiro atoms. The molecule has 24 heavy (non-hydrogen) atoms. The maximum Gasteiger partial charge on any atom is 0.345 e. The predicted molar refractivity (Wildman–Crippen MR) is 90.2 cm³/mol. The number of ether oxygens (including phenoxy) is 1. The Morgan fingerprint density at radius 2 is 2.12 bits per heavy atom. The van der Waals surface area contributed by atoms with Crippen molar-refractivity contribution >= 4 is 0 Å². The van der Waals surface area contributed by atoms with Gasteiger partial charge in [0.25, 0.3) is 0 Å². The van der Waals surface area contributed by atoms with Crippen molar-refractivity contribution in [1.82, 2.24) is 19.2 Å². The van der Waals surface area contributed by atoms with Crippen LogP contribution in [0.5, 0.6) is 5.75 Å². The lowest BCUT2D eigenvalue weighted by atomic mass is 10.1. The summed E-state index contributed by atoms with van der Waals surface area (Å²) in [4.78, 5) is 13.9. The summed E-state index contributed by atoms with van der Waals surface area (Å²) < 4.78 is 8.79. The summed E-state index contributed by atoms with van der Waals surface area (Å²) in [6.45, 7) is 6.67. The van der Waals surface area contributed by atoms with E-state index in [4.69, 9.17) is 4.74 Å². The fourth-order valence-electron chi connectivity index (χ4n) is 3.07. The molecule has 0 saturated carbocycles. The van der Waals surface area contributed by atoms with Gasteiger partial charge in [-0.2, -0.15) is 5.10 Å². The number of hydrogen-bond donors (Lipinski definition) is 1. The smallest absolute Gasteiger partial charge is 0.345 e. The number of hydrogen-bond acceptors (Lipinski definition) is 5. The minimum Gasteiger partial charge on any atom is -0.491 e. The van der Waals surface area contributed by atoms with Crippen LogP contribution in [-0.4, -0.2) is 50.2 Å². The van der Waals surface area contributed by atoms with Gasteiger partial charge in [-0.15, -0.1) is 0 Å². The first kappa shape index (κ1) is 16.7. The lowest BCUT2D eigenvalue weighted by Crippen LogP contribution is -2.42. The number of β-amino-alcohol motifs (C(OH)–C–C–N with tert-alkyl or cyclic N) is 1. The molecule has 1 aromatic carbocycles. The molecular weight excluding hydrogens is 308 g/mol. The van der Waals surface area contributed by atoms with Gasteiger partial charge in [0.1, 0.15) is 24.3 Å². The third kappa shape index (κ3) is 3.52. The van der Waals surface area contributed by atoms with Gasteiger partial charge in [0.15, 0.2) is 0 Å². The Kier molecular flexibility index (Phi) is 4.73. The molecule has 7 nitrogen and oxygen atoms in total. The monoisotopic (exact) mass is 332 g/mol. The summed E-state index contributed by atoms with van der Waals surface area (Å²) in [5, 5.41) is 14.5. The summed E-state index contributed by atoms with van der Waals surface area (Å²) in [5.41, 5.74) is 2.18. The fourth-order valence-corrected chi connectivity index (χ4v) is 3.07. The average Bonchev–Trinajstić information content (AvgIpc) is 2.81. The second kappa shape index (κ2) is 6.78. The predicted octanol–water partition coefficient (Wildman–Crippen LogP) is 0.454. The van der Waals surface area contributed by atoms with E-state index in [-0.39, 0.29) is 12.3 Å². The number of aliphatic hydroxyl groups is 1. The van der Waals surface area contributed by atoms with Gasteiger partial charge < -0.3 is 9.84 Å². The van der Waals surface area contributed by atoms with E-state index in [0.29, 0.717) is 19.6 Å². The summed E-state index contributed by atoms with van der Waals surface area (Å²) in [6, 6.07) is 6.00. The highest BCUT2D eigenvalue weighted by atomic mass is 16.5. The zero-order valence-corrected chi connectivity index (χ0v) is 14.4. The van der Waals surface area contributed by atoms with Crippen LogP contribution in [-0.2, 0) is 20.1 Å². The third-order valence-corrected chi connectivity index (χ3v) is 4.32. The molecule has 1 aromatic heterocycles. The van der Waals surface area contributed by atoms with E-state index in [1.807, 2.05) is 26.0 Å². The Labute approximate surface area is 141 Å². The van der Waals surface area contributed by atoms with E-state index in [0.717, 1.165) is 23.7 Å². The second-order valence-electron chi connectivity index (χ2n) is 6.44. The van der Waals surface area contributed by atoms with Crippen molar-refractivity contribution in [3.8, 4) is 5.75 Å². The van der Waals surface area contributed by atoms with Crippen LogP contribution >= 0.6 is 0 Å². The quantitative estimate of drug-likeness (QED) is 0.861. The van der Waals surface area contributed by atoms with E-state index in [9.17, 15) is 9.90 Å². The summed E-state index contributed by atoms with van der Waals surface area (Å²) in [5.74, 6) is 1.55. The molecule has 1 aliphatic rings. The molecule has 0 saturated heterocycles.